The van der Waals surface area contributed by atoms with Crippen molar-refractivity contribution in [2.75, 3.05) is 13.7 Å². The van der Waals surface area contributed by atoms with Gasteiger partial charge in [-0.3, -0.25) is 9.89 Å². The first-order valence-corrected chi connectivity index (χ1v) is 4.59. The number of carbonyl (C=O) groups is 2. The lowest BCUT2D eigenvalue weighted by molar-refractivity contribution is -0.140. The molecular formula is C9H13N3O4. The maximum Gasteiger partial charge on any atom is 0.328 e. The Hall–Kier alpha value is -1.89. The molecular weight excluding hydrogens is 214 g/mol. The summed E-state index contributed by atoms with van der Waals surface area (Å²) in [5.41, 5.74) is 0.878. The molecule has 0 spiro atoms. The predicted octanol–water partition coefficient (Wildman–Crippen LogP) is -0.452. The van der Waals surface area contributed by atoms with Gasteiger partial charge in [0.1, 0.15) is 5.69 Å². The first-order valence-electron chi connectivity index (χ1n) is 4.59. The molecule has 0 aliphatic heterocycles. The van der Waals surface area contributed by atoms with Crippen molar-refractivity contribution in [1.82, 2.24) is 15.5 Å². The molecule has 0 saturated heterocycles. The number of carbonyl (C=O) groups excluding carboxylic acids is 1. The average molecular weight is 227 g/mol. The molecule has 0 bridgehead atoms. The standard InChI is InChI=1S/C9H13N3O4/c1-5-3-6(12-11-5)8(13)10-7(4-16-2)9(14)15/h3,7H,4H2,1-2H3,(H,10,13)(H,11,12)(H,14,15). The molecule has 7 heteroatoms. The lowest BCUT2D eigenvalue weighted by Gasteiger charge is -2.11. The molecule has 1 aromatic heterocycles. The van der Waals surface area contributed by atoms with Gasteiger partial charge in [-0.25, -0.2) is 4.79 Å². The van der Waals surface area contributed by atoms with Crippen molar-refractivity contribution in [2.45, 2.75) is 13.0 Å². The highest BCUT2D eigenvalue weighted by molar-refractivity contribution is 5.95. The quantitative estimate of drug-likeness (QED) is 0.631. The highest BCUT2D eigenvalue weighted by Crippen LogP contribution is 1.98. The van der Waals surface area contributed by atoms with Crippen LogP contribution in [0.1, 0.15) is 16.2 Å². The van der Waals surface area contributed by atoms with Gasteiger partial charge in [0.25, 0.3) is 5.91 Å². The maximum atomic E-state index is 11.5. The molecule has 0 saturated carbocycles. The third-order valence-corrected chi connectivity index (χ3v) is 1.88. The summed E-state index contributed by atoms with van der Waals surface area (Å²) in [6.07, 6.45) is 0. The number of nitrogens with one attached hydrogen (secondary N) is 2. The fraction of sp³-hybridized carbons (Fsp3) is 0.444. The Morgan fingerprint density at radius 1 is 1.69 bits per heavy atom. The van der Waals surface area contributed by atoms with Crippen LogP contribution in [0, 0.1) is 6.92 Å². The SMILES string of the molecule is COCC(NC(=O)c1cc(C)[nH]n1)C(=O)O. The van der Waals surface area contributed by atoms with Gasteiger partial charge in [-0.1, -0.05) is 0 Å². The van der Waals surface area contributed by atoms with Crippen LogP contribution < -0.4 is 5.32 Å². The number of aromatic nitrogens is 2. The van der Waals surface area contributed by atoms with Crippen LogP contribution in [-0.2, 0) is 9.53 Å². The van der Waals surface area contributed by atoms with Crippen molar-refractivity contribution in [3.05, 3.63) is 17.5 Å². The lowest BCUT2D eigenvalue weighted by Crippen LogP contribution is -2.43. The highest BCUT2D eigenvalue weighted by atomic mass is 16.5. The lowest BCUT2D eigenvalue weighted by atomic mass is 10.3. The Kier molecular flexibility index (Phi) is 4.01. The van der Waals surface area contributed by atoms with Gasteiger partial charge in [0.15, 0.2) is 6.04 Å². The third-order valence-electron chi connectivity index (χ3n) is 1.88. The summed E-state index contributed by atoms with van der Waals surface area (Å²) in [6, 6.07) is 0.454. The zero-order chi connectivity index (χ0) is 12.1. The van der Waals surface area contributed by atoms with E-state index in [1.807, 2.05) is 0 Å². The topological polar surface area (TPSA) is 104 Å². The van der Waals surface area contributed by atoms with E-state index < -0.39 is 17.9 Å². The number of aromatic amines is 1. The van der Waals surface area contributed by atoms with Gasteiger partial charge in [-0.2, -0.15) is 5.10 Å². The van der Waals surface area contributed by atoms with Crippen LogP contribution in [0.5, 0.6) is 0 Å². The molecule has 88 valence electrons. The van der Waals surface area contributed by atoms with Crippen molar-refractivity contribution in [1.29, 1.82) is 0 Å². The second-order valence-electron chi connectivity index (χ2n) is 3.26. The summed E-state index contributed by atoms with van der Waals surface area (Å²) < 4.78 is 4.68. The minimum absolute atomic E-state index is 0.0928. The van der Waals surface area contributed by atoms with E-state index in [2.05, 4.69) is 20.3 Å². The van der Waals surface area contributed by atoms with E-state index in [-0.39, 0.29) is 12.3 Å². The van der Waals surface area contributed by atoms with Gasteiger partial charge in [-0.15, -0.1) is 0 Å². The Balaban J connectivity index is 2.65. The van der Waals surface area contributed by atoms with Gasteiger partial charge in [0, 0.05) is 12.8 Å². The third kappa shape index (κ3) is 3.06. The molecule has 1 atom stereocenters. The van der Waals surface area contributed by atoms with Crippen molar-refractivity contribution in [2.24, 2.45) is 0 Å². The normalized spacial score (nSPS) is 12.1. The molecule has 1 aromatic rings. The van der Waals surface area contributed by atoms with Crippen molar-refractivity contribution < 1.29 is 19.4 Å². The van der Waals surface area contributed by atoms with Crippen molar-refractivity contribution in [3.63, 3.8) is 0 Å². The number of nitrogens with zero attached hydrogens (tertiary/aromatic N) is 1. The number of methoxy groups -OCH3 is 1. The number of hydrogen-bond donors (Lipinski definition) is 3. The van der Waals surface area contributed by atoms with Gasteiger partial charge >= 0.3 is 5.97 Å². The van der Waals surface area contributed by atoms with E-state index in [1.54, 1.807) is 6.92 Å². The minimum Gasteiger partial charge on any atom is -0.480 e. The van der Waals surface area contributed by atoms with Crippen LogP contribution in [-0.4, -0.2) is 46.9 Å². The van der Waals surface area contributed by atoms with E-state index >= 15 is 0 Å². The summed E-state index contributed by atoms with van der Waals surface area (Å²) in [5, 5.41) is 17.4. The van der Waals surface area contributed by atoms with E-state index in [9.17, 15) is 9.59 Å². The molecule has 1 amide bonds. The number of hydrogen-bond acceptors (Lipinski definition) is 4. The van der Waals surface area contributed by atoms with Crippen LogP contribution in [0.2, 0.25) is 0 Å². The van der Waals surface area contributed by atoms with Crippen LogP contribution in [0.3, 0.4) is 0 Å². The van der Waals surface area contributed by atoms with Gasteiger partial charge < -0.3 is 15.2 Å². The van der Waals surface area contributed by atoms with E-state index in [0.717, 1.165) is 5.69 Å². The smallest absolute Gasteiger partial charge is 0.328 e. The Bertz CT molecular complexity index is 388. The average Bonchev–Trinajstić information content (AvgIpc) is 2.64. The summed E-state index contributed by atoms with van der Waals surface area (Å²) in [4.78, 5) is 22.3. The highest BCUT2D eigenvalue weighted by Gasteiger charge is 2.21. The molecule has 1 rings (SSSR count). The van der Waals surface area contributed by atoms with Crippen LogP contribution in [0.15, 0.2) is 6.07 Å². The number of H-pyrrole nitrogens is 1. The first-order chi connectivity index (χ1) is 7.54. The number of rotatable bonds is 5. The predicted molar refractivity (Wildman–Crippen MR) is 54.1 cm³/mol. The second-order valence-corrected chi connectivity index (χ2v) is 3.26. The van der Waals surface area contributed by atoms with Crippen molar-refractivity contribution in [3.8, 4) is 0 Å². The molecule has 0 aromatic carbocycles. The molecule has 3 N–H and O–H groups in total. The van der Waals surface area contributed by atoms with E-state index in [1.165, 1.54) is 13.2 Å². The monoisotopic (exact) mass is 227 g/mol. The fourth-order valence-corrected chi connectivity index (χ4v) is 1.11. The molecule has 0 aliphatic rings. The van der Waals surface area contributed by atoms with Crippen LogP contribution in [0.25, 0.3) is 0 Å². The summed E-state index contributed by atoms with van der Waals surface area (Å²) in [6.45, 7) is 1.65. The second kappa shape index (κ2) is 5.26. The number of carboxylic acids is 1. The summed E-state index contributed by atoms with van der Waals surface area (Å²) >= 11 is 0. The molecule has 1 unspecified atom stereocenters. The summed E-state index contributed by atoms with van der Waals surface area (Å²) in [7, 11) is 1.36. The van der Waals surface area contributed by atoms with E-state index in [4.69, 9.17) is 5.11 Å². The van der Waals surface area contributed by atoms with Gasteiger partial charge in [0.2, 0.25) is 0 Å². The van der Waals surface area contributed by atoms with Gasteiger partial charge in [-0.05, 0) is 13.0 Å². The molecule has 0 fully saturated rings. The Morgan fingerprint density at radius 2 is 2.38 bits per heavy atom. The largest absolute Gasteiger partial charge is 0.480 e. The number of carboxylic acid groups (broad SMARTS) is 1. The Labute approximate surface area is 91.8 Å². The molecule has 7 nitrogen and oxygen atoms in total. The maximum absolute atomic E-state index is 11.5. The molecule has 16 heavy (non-hydrogen) atoms. The van der Waals surface area contributed by atoms with E-state index in [0.29, 0.717) is 0 Å². The van der Waals surface area contributed by atoms with Crippen LogP contribution >= 0.6 is 0 Å². The van der Waals surface area contributed by atoms with Gasteiger partial charge in [0.05, 0.1) is 6.61 Å². The Morgan fingerprint density at radius 3 is 2.81 bits per heavy atom. The fourth-order valence-electron chi connectivity index (χ4n) is 1.11. The first kappa shape index (κ1) is 12.2. The van der Waals surface area contributed by atoms with Crippen LogP contribution in [0.4, 0.5) is 0 Å². The molecule has 0 radical (unpaired) electrons. The molecule has 1 heterocycles. The molecule has 0 aliphatic carbocycles. The zero-order valence-electron chi connectivity index (χ0n) is 8.98. The number of aliphatic carboxylic acids is 1. The summed E-state index contributed by atoms with van der Waals surface area (Å²) in [5.74, 6) is -1.70. The number of amides is 1. The zero-order valence-corrected chi connectivity index (χ0v) is 8.98. The number of ether oxygens (including phenoxy) is 1. The van der Waals surface area contributed by atoms with Crippen molar-refractivity contribution >= 4 is 11.9 Å². The number of aryl methyl sites for hydroxylation is 1. The minimum atomic E-state index is -1.15.